The van der Waals surface area contributed by atoms with Crippen molar-refractivity contribution in [1.29, 1.82) is 0 Å². The molecule has 0 bridgehead atoms. The first-order valence-electron chi connectivity index (χ1n) is 12.9. The lowest BCUT2D eigenvalue weighted by molar-refractivity contribution is -0.137. The highest BCUT2D eigenvalue weighted by atomic mass is 16.6. The zero-order valence-corrected chi connectivity index (χ0v) is 20.8. The number of hydrogen-bond acceptors (Lipinski definition) is 4. The molecule has 0 aromatic heterocycles. The van der Waals surface area contributed by atoms with Crippen LogP contribution in [0.25, 0.3) is 0 Å². The second kappa shape index (κ2) is 10.4. The monoisotopic (exact) mass is 469 g/mol. The summed E-state index contributed by atoms with van der Waals surface area (Å²) in [7, 11) is 0. The molecule has 3 atom stereocenters. The van der Waals surface area contributed by atoms with E-state index in [-0.39, 0.29) is 23.9 Å². The standard InChI is InChI=1S/C27H39N3O4/c1-27(2,3)34-26(33)28-18-19-13-15-29(16-14-19)25(32)23-17-21-11-7-8-12-22(21)30(23)24(31)20-9-5-4-6-10-20/h4-6,9-10,19,21-23H,7-8,11-18H2,1-3H3,(H,28,33). The Morgan fingerprint density at radius 3 is 2.35 bits per heavy atom. The van der Waals surface area contributed by atoms with Crippen LogP contribution in [0.15, 0.2) is 30.3 Å². The molecule has 3 unspecified atom stereocenters. The van der Waals surface area contributed by atoms with Crippen LogP contribution in [-0.2, 0) is 9.53 Å². The fourth-order valence-corrected chi connectivity index (χ4v) is 5.81. The maximum absolute atomic E-state index is 13.7. The first-order valence-corrected chi connectivity index (χ1v) is 12.9. The molecule has 34 heavy (non-hydrogen) atoms. The number of amides is 3. The molecule has 3 fully saturated rings. The molecular formula is C27H39N3O4. The fraction of sp³-hybridized carbons (Fsp3) is 0.667. The van der Waals surface area contributed by atoms with Gasteiger partial charge in [0.05, 0.1) is 0 Å². The summed E-state index contributed by atoms with van der Waals surface area (Å²) in [6.07, 6.45) is 6.47. The Bertz CT molecular complexity index is 874. The van der Waals surface area contributed by atoms with Crippen molar-refractivity contribution < 1.29 is 19.1 Å². The summed E-state index contributed by atoms with van der Waals surface area (Å²) in [6, 6.07) is 9.19. The van der Waals surface area contributed by atoms with Gasteiger partial charge >= 0.3 is 6.09 Å². The summed E-state index contributed by atoms with van der Waals surface area (Å²) in [5.41, 5.74) is 0.153. The normalized spacial score (nSPS) is 25.6. The number of carbonyl (C=O) groups is 3. The van der Waals surface area contributed by atoms with Crippen LogP contribution in [0.3, 0.4) is 0 Å². The Kier molecular flexibility index (Phi) is 7.48. The van der Waals surface area contributed by atoms with Crippen molar-refractivity contribution in [2.75, 3.05) is 19.6 Å². The van der Waals surface area contributed by atoms with Crippen LogP contribution in [0, 0.1) is 11.8 Å². The first-order chi connectivity index (χ1) is 16.2. The lowest BCUT2D eigenvalue weighted by Crippen LogP contribution is -2.52. The number of alkyl carbamates (subject to hydrolysis) is 1. The van der Waals surface area contributed by atoms with Gasteiger partial charge in [-0.15, -0.1) is 0 Å². The summed E-state index contributed by atoms with van der Waals surface area (Å²) in [6.45, 7) is 7.44. The molecule has 3 amide bonds. The Morgan fingerprint density at radius 1 is 1.00 bits per heavy atom. The summed E-state index contributed by atoms with van der Waals surface area (Å²) >= 11 is 0. The van der Waals surface area contributed by atoms with E-state index in [2.05, 4.69) is 5.32 Å². The van der Waals surface area contributed by atoms with E-state index in [1.807, 2.05) is 60.9 Å². The highest BCUT2D eigenvalue weighted by Crippen LogP contribution is 2.41. The van der Waals surface area contributed by atoms with Crippen molar-refractivity contribution in [3.63, 3.8) is 0 Å². The molecule has 1 aliphatic carbocycles. The maximum Gasteiger partial charge on any atom is 0.407 e. The van der Waals surface area contributed by atoms with Gasteiger partial charge in [0.25, 0.3) is 5.91 Å². The topological polar surface area (TPSA) is 79.0 Å². The van der Waals surface area contributed by atoms with E-state index in [0.29, 0.717) is 37.0 Å². The molecule has 0 radical (unpaired) electrons. The number of nitrogens with zero attached hydrogens (tertiary/aromatic N) is 2. The fourth-order valence-electron chi connectivity index (χ4n) is 5.81. The number of benzene rings is 1. The van der Waals surface area contributed by atoms with Crippen molar-refractivity contribution in [1.82, 2.24) is 15.1 Å². The molecule has 1 saturated carbocycles. The smallest absolute Gasteiger partial charge is 0.407 e. The molecule has 7 heteroatoms. The molecule has 7 nitrogen and oxygen atoms in total. The number of likely N-dealkylation sites (tertiary alicyclic amines) is 2. The molecule has 1 N–H and O–H groups in total. The second-order valence-corrected chi connectivity index (χ2v) is 11.1. The van der Waals surface area contributed by atoms with Crippen LogP contribution in [0.5, 0.6) is 0 Å². The lowest BCUT2D eigenvalue weighted by atomic mass is 9.84. The Morgan fingerprint density at radius 2 is 1.68 bits per heavy atom. The number of hydrogen-bond donors (Lipinski definition) is 1. The van der Waals surface area contributed by atoms with Gasteiger partial charge in [-0.1, -0.05) is 31.0 Å². The van der Waals surface area contributed by atoms with Crippen molar-refractivity contribution in [3.05, 3.63) is 35.9 Å². The van der Waals surface area contributed by atoms with Gasteiger partial charge in [-0.2, -0.15) is 0 Å². The number of nitrogens with one attached hydrogen (secondary N) is 1. The molecule has 186 valence electrons. The average molecular weight is 470 g/mol. The van der Waals surface area contributed by atoms with Crippen LogP contribution in [-0.4, -0.2) is 65.0 Å². The number of ether oxygens (including phenoxy) is 1. The highest BCUT2D eigenvalue weighted by Gasteiger charge is 2.48. The Balaban J connectivity index is 1.37. The highest BCUT2D eigenvalue weighted by molar-refractivity contribution is 5.98. The predicted molar refractivity (Wildman–Crippen MR) is 130 cm³/mol. The van der Waals surface area contributed by atoms with Gasteiger partial charge in [0, 0.05) is 31.2 Å². The first kappa shape index (κ1) is 24.6. The number of carbonyl (C=O) groups excluding carboxylic acids is 3. The number of piperidine rings is 1. The summed E-state index contributed by atoms with van der Waals surface area (Å²) in [5.74, 6) is 0.831. The van der Waals surface area contributed by atoms with Crippen molar-refractivity contribution >= 4 is 17.9 Å². The third-order valence-corrected chi connectivity index (χ3v) is 7.49. The zero-order valence-electron chi connectivity index (χ0n) is 20.8. The van der Waals surface area contributed by atoms with Crippen LogP contribution in [0.2, 0.25) is 0 Å². The summed E-state index contributed by atoms with van der Waals surface area (Å²) < 4.78 is 5.32. The van der Waals surface area contributed by atoms with E-state index in [9.17, 15) is 14.4 Å². The van der Waals surface area contributed by atoms with E-state index in [4.69, 9.17) is 4.74 Å². The lowest BCUT2D eigenvalue weighted by Gasteiger charge is -2.37. The minimum absolute atomic E-state index is 0.00945. The Labute approximate surface area is 203 Å². The van der Waals surface area contributed by atoms with Gasteiger partial charge in [0.2, 0.25) is 5.91 Å². The molecule has 2 aliphatic heterocycles. The van der Waals surface area contributed by atoms with E-state index in [1.165, 1.54) is 6.42 Å². The van der Waals surface area contributed by atoms with Gasteiger partial charge < -0.3 is 19.9 Å². The van der Waals surface area contributed by atoms with Crippen LogP contribution in [0.1, 0.15) is 76.1 Å². The quantitative estimate of drug-likeness (QED) is 0.716. The van der Waals surface area contributed by atoms with Crippen LogP contribution in [0.4, 0.5) is 4.79 Å². The third kappa shape index (κ3) is 5.73. The summed E-state index contributed by atoms with van der Waals surface area (Å²) in [5, 5.41) is 2.86. The molecule has 1 aromatic carbocycles. The van der Waals surface area contributed by atoms with E-state index >= 15 is 0 Å². The van der Waals surface area contributed by atoms with E-state index in [0.717, 1.165) is 38.5 Å². The molecule has 3 aliphatic rings. The maximum atomic E-state index is 13.7. The number of rotatable bonds is 4. The van der Waals surface area contributed by atoms with E-state index < -0.39 is 11.7 Å². The van der Waals surface area contributed by atoms with Crippen molar-refractivity contribution in [3.8, 4) is 0 Å². The van der Waals surface area contributed by atoms with Crippen LogP contribution < -0.4 is 5.32 Å². The minimum atomic E-state index is -0.513. The van der Waals surface area contributed by atoms with Gasteiger partial charge in [-0.3, -0.25) is 9.59 Å². The third-order valence-electron chi connectivity index (χ3n) is 7.49. The minimum Gasteiger partial charge on any atom is -0.444 e. The SMILES string of the molecule is CC(C)(C)OC(=O)NCC1CCN(C(=O)C2CC3CCCCC3N2C(=O)c2ccccc2)CC1. The average Bonchev–Trinajstić information content (AvgIpc) is 3.21. The largest absolute Gasteiger partial charge is 0.444 e. The molecular weight excluding hydrogens is 430 g/mol. The number of fused-ring (bicyclic) bond motifs is 1. The molecule has 1 aromatic rings. The second-order valence-electron chi connectivity index (χ2n) is 11.1. The predicted octanol–water partition coefficient (Wildman–Crippen LogP) is 4.22. The van der Waals surface area contributed by atoms with Crippen LogP contribution >= 0.6 is 0 Å². The van der Waals surface area contributed by atoms with Gasteiger partial charge in [0.15, 0.2) is 0 Å². The molecule has 2 saturated heterocycles. The molecule has 4 rings (SSSR count). The summed E-state index contributed by atoms with van der Waals surface area (Å²) in [4.78, 5) is 43.0. The van der Waals surface area contributed by atoms with Gasteiger partial charge in [-0.05, 0) is 76.8 Å². The molecule has 2 heterocycles. The van der Waals surface area contributed by atoms with E-state index in [1.54, 1.807) is 0 Å². The van der Waals surface area contributed by atoms with Gasteiger partial charge in [0.1, 0.15) is 11.6 Å². The Hall–Kier alpha value is -2.57. The van der Waals surface area contributed by atoms with Gasteiger partial charge in [-0.25, -0.2) is 4.79 Å². The zero-order chi connectivity index (χ0) is 24.3. The molecule has 0 spiro atoms. The van der Waals surface area contributed by atoms with Crippen molar-refractivity contribution in [2.24, 2.45) is 11.8 Å². The van der Waals surface area contributed by atoms with Crippen molar-refractivity contribution in [2.45, 2.75) is 83.4 Å².